The van der Waals surface area contributed by atoms with E-state index in [1.54, 1.807) is 19.0 Å². The number of amides is 2. The van der Waals surface area contributed by atoms with Crippen LogP contribution in [-0.2, 0) is 16.1 Å². The molecule has 150 valence electrons. The van der Waals surface area contributed by atoms with Crippen LogP contribution in [0.4, 0.5) is 5.69 Å². The van der Waals surface area contributed by atoms with Gasteiger partial charge in [0.1, 0.15) is 5.75 Å². The summed E-state index contributed by atoms with van der Waals surface area (Å²) in [6.45, 7) is 4.64. The summed E-state index contributed by atoms with van der Waals surface area (Å²) in [5.41, 5.74) is 1.82. The van der Waals surface area contributed by atoms with E-state index < -0.39 is 0 Å². The van der Waals surface area contributed by atoms with Crippen LogP contribution in [0, 0.1) is 0 Å². The molecule has 0 aliphatic heterocycles. The molecule has 0 aromatic heterocycles. The van der Waals surface area contributed by atoms with Crippen molar-refractivity contribution in [1.29, 1.82) is 0 Å². The molecule has 0 saturated heterocycles. The number of rotatable bonds is 9. The van der Waals surface area contributed by atoms with Gasteiger partial charge in [0, 0.05) is 26.3 Å². The molecule has 0 bridgehead atoms. The second-order valence-corrected chi connectivity index (χ2v) is 7.07. The molecule has 2 amide bonds. The number of likely N-dealkylation sites (N-methyl/N-ethyl adjacent to an activating group) is 1. The average Bonchev–Trinajstić information content (AvgIpc) is 2.67. The van der Waals surface area contributed by atoms with Crippen LogP contribution in [0.5, 0.6) is 5.75 Å². The van der Waals surface area contributed by atoms with Crippen LogP contribution < -0.4 is 15.0 Å². The number of anilines is 1. The highest BCUT2D eigenvalue weighted by atomic mass is 16.5. The number of nitrogens with one attached hydrogen (secondary N) is 1. The fraction of sp³-hybridized carbons (Fsp3) is 0.364. The van der Waals surface area contributed by atoms with Crippen molar-refractivity contribution in [2.24, 2.45) is 0 Å². The number of hydrogen-bond donors (Lipinski definition) is 1. The molecule has 0 aliphatic rings. The molecular formula is C22H29N3O3. The Morgan fingerprint density at radius 3 is 2.18 bits per heavy atom. The van der Waals surface area contributed by atoms with E-state index in [1.807, 2.05) is 68.4 Å². The Hall–Kier alpha value is -3.02. The van der Waals surface area contributed by atoms with E-state index >= 15 is 0 Å². The third-order valence-corrected chi connectivity index (χ3v) is 4.07. The number of para-hydroxylation sites is 1. The molecule has 28 heavy (non-hydrogen) atoms. The minimum absolute atomic E-state index is 0.0580. The quantitative estimate of drug-likeness (QED) is 0.723. The molecule has 0 spiro atoms. The van der Waals surface area contributed by atoms with E-state index in [4.69, 9.17) is 4.74 Å². The summed E-state index contributed by atoms with van der Waals surface area (Å²) in [5, 5.41) is 2.92. The van der Waals surface area contributed by atoms with Gasteiger partial charge in [-0.3, -0.25) is 9.59 Å². The molecule has 6 nitrogen and oxygen atoms in total. The number of ether oxygens (including phenoxy) is 1. The van der Waals surface area contributed by atoms with Crippen molar-refractivity contribution < 1.29 is 14.3 Å². The van der Waals surface area contributed by atoms with Gasteiger partial charge >= 0.3 is 0 Å². The molecule has 2 aromatic rings. The second kappa shape index (κ2) is 10.3. The summed E-state index contributed by atoms with van der Waals surface area (Å²) in [6.07, 6.45) is 0.124. The molecule has 2 rings (SSSR count). The zero-order chi connectivity index (χ0) is 20.5. The monoisotopic (exact) mass is 383 g/mol. The first-order chi connectivity index (χ1) is 13.3. The first kappa shape index (κ1) is 21.3. The Bertz CT molecular complexity index is 758. The van der Waals surface area contributed by atoms with E-state index in [9.17, 15) is 9.59 Å². The fourth-order valence-corrected chi connectivity index (χ4v) is 2.57. The number of hydrogen-bond acceptors (Lipinski definition) is 4. The van der Waals surface area contributed by atoms with Crippen molar-refractivity contribution in [2.75, 3.05) is 32.1 Å². The Kier molecular flexibility index (Phi) is 7.87. The summed E-state index contributed by atoms with van der Waals surface area (Å²) >= 11 is 0. The van der Waals surface area contributed by atoms with Crippen molar-refractivity contribution in [3.8, 4) is 5.75 Å². The van der Waals surface area contributed by atoms with Gasteiger partial charge in [0.15, 0.2) is 0 Å². The molecule has 6 heteroatoms. The molecule has 0 radical (unpaired) electrons. The predicted octanol–water partition coefficient (Wildman–Crippen LogP) is 2.68. The van der Waals surface area contributed by atoms with Crippen molar-refractivity contribution in [3.63, 3.8) is 0 Å². The molecular weight excluding hydrogens is 354 g/mol. The maximum atomic E-state index is 12.5. The van der Waals surface area contributed by atoms with Crippen molar-refractivity contribution in [1.82, 2.24) is 10.2 Å². The van der Waals surface area contributed by atoms with E-state index in [1.165, 1.54) is 4.90 Å². The molecule has 2 aromatic carbocycles. The standard InChI is InChI=1S/C22H29N3O3/c1-17(2)28-20-12-10-18(11-13-20)14-23-21(26)15-25(16-22(27)24(3)4)19-8-6-5-7-9-19/h5-13,17H,14-16H2,1-4H3,(H,23,26). The number of carbonyl (C=O) groups is 2. The van der Waals surface area contributed by atoms with Gasteiger partial charge in [0.05, 0.1) is 19.2 Å². The minimum Gasteiger partial charge on any atom is -0.491 e. The van der Waals surface area contributed by atoms with Gasteiger partial charge in [-0.05, 0) is 43.7 Å². The van der Waals surface area contributed by atoms with Gasteiger partial charge < -0.3 is 19.9 Å². The third kappa shape index (κ3) is 6.95. The SMILES string of the molecule is CC(C)Oc1ccc(CNC(=O)CN(CC(=O)N(C)C)c2ccccc2)cc1. The maximum Gasteiger partial charge on any atom is 0.241 e. The van der Waals surface area contributed by atoms with Gasteiger partial charge in [-0.25, -0.2) is 0 Å². The first-order valence-corrected chi connectivity index (χ1v) is 9.37. The van der Waals surface area contributed by atoms with Crippen molar-refractivity contribution in [2.45, 2.75) is 26.5 Å². The van der Waals surface area contributed by atoms with Crippen molar-refractivity contribution in [3.05, 3.63) is 60.2 Å². The molecule has 1 N–H and O–H groups in total. The fourth-order valence-electron chi connectivity index (χ4n) is 2.57. The second-order valence-electron chi connectivity index (χ2n) is 7.07. The highest BCUT2D eigenvalue weighted by Gasteiger charge is 2.16. The van der Waals surface area contributed by atoms with E-state index in [0.29, 0.717) is 6.54 Å². The lowest BCUT2D eigenvalue weighted by Gasteiger charge is -2.25. The third-order valence-electron chi connectivity index (χ3n) is 4.07. The molecule has 0 saturated carbocycles. The number of benzene rings is 2. The van der Waals surface area contributed by atoms with Crippen LogP contribution >= 0.6 is 0 Å². The van der Waals surface area contributed by atoms with Crippen LogP contribution in [0.1, 0.15) is 19.4 Å². The van der Waals surface area contributed by atoms with Gasteiger partial charge in [-0.15, -0.1) is 0 Å². The summed E-state index contributed by atoms with van der Waals surface area (Å²) in [5.74, 6) is 0.609. The summed E-state index contributed by atoms with van der Waals surface area (Å²) in [4.78, 5) is 27.9. The Balaban J connectivity index is 1.94. The zero-order valence-electron chi connectivity index (χ0n) is 17.0. The van der Waals surface area contributed by atoms with E-state index in [2.05, 4.69) is 5.32 Å². The lowest BCUT2D eigenvalue weighted by Crippen LogP contribution is -2.42. The highest BCUT2D eigenvalue weighted by molar-refractivity contribution is 5.86. The minimum atomic E-state index is -0.141. The van der Waals surface area contributed by atoms with E-state index in [-0.39, 0.29) is 31.0 Å². The number of nitrogens with zero attached hydrogens (tertiary/aromatic N) is 2. The maximum absolute atomic E-state index is 12.5. The average molecular weight is 383 g/mol. The van der Waals surface area contributed by atoms with Crippen LogP contribution in [0.25, 0.3) is 0 Å². The smallest absolute Gasteiger partial charge is 0.241 e. The Labute approximate surface area is 167 Å². The highest BCUT2D eigenvalue weighted by Crippen LogP contribution is 2.15. The number of carbonyl (C=O) groups excluding carboxylic acids is 2. The van der Waals surface area contributed by atoms with Crippen molar-refractivity contribution >= 4 is 17.5 Å². The molecule has 0 atom stereocenters. The Morgan fingerprint density at radius 1 is 0.964 bits per heavy atom. The topological polar surface area (TPSA) is 61.9 Å². The lowest BCUT2D eigenvalue weighted by molar-refractivity contribution is -0.127. The van der Waals surface area contributed by atoms with Gasteiger partial charge in [-0.1, -0.05) is 30.3 Å². The lowest BCUT2D eigenvalue weighted by atomic mass is 10.2. The van der Waals surface area contributed by atoms with Crippen LogP contribution in [0.2, 0.25) is 0 Å². The molecule has 0 heterocycles. The van der Waals surface area contributed by atoms with Gasteiger partial charge in [-0.2, -0.15) is 0 Å². The summed E-state index contributed by atoms with van der Waals surface area (Å²) < 4.78 is 5.62. The van der Waals surface area contributed by atoms with Gasteiger partial charge in [0.2, 0.25) is 11.8 Å². The van der Waals surface area contributed by atoms with Crippen LogP contribution in [-0.4, -0.2) is 50.0 Å². The summed E-state index contributed by atoms with van der Waals surface area (Å²) in [6, 6.07) is 17.1. The summed E-state index contributed by atoms with van der Waals surface area (Å²) in [7, 11) is 3.41. The molecule has 0 fully saturated rings. The van der Waals surface area contributed by atoms with Crippen LogP contribution in [0.3, 0.4) is 0 Å². The molecule has 0 unspecified atom stereocenters. The largest absolute Gasteiger partial charge is 0.491 e. The van der Waals surface area contributed by atoms with Gasteiger partial charge in [0.25, 0.3) is 0 Å². The Morgan fingerprint density at radius 2 is 1.61 bits per heavy atom. The zero-order valence-corrected chi connectivity index (χ0v) is 17.0. The normalized spacial score (nSPS) is 10.5. The van der Waals surface area contributed by atoms with E-state index in [0.717, 1.165) is 17.0 Å². The van der Waals surface area contributed by atoms with Crippen LogP contribution in [0.15, 0.2) is 54.6 Å². The first-order valence-electron chi connectivity index (χ1n) is 9.37. The molecule has 0 aliphatic carbocycles. The predicted molar refractivity (Wildman–Crippen MR) is 111 cm³/mol.